The van der Waals surface area contributed by atoms with E-state index in [9.17, 15) is 25.2 Å². The predicted octanol–water partition coefficient (Wildman–Crippen LogP) is 5.18. The molecule has 5 aliphatic carbocycles. The van der Waals surface area contributed by atoms with Gasteiger partial charge in [-0.3, -0.25) is 4.79 Å². The minimum atomic E-state index is -0.877. The minimum absolute atomic E-state index is 0.0492. The highest BCUT2D eigenvalue weighted by atomic mass is 16.4. The van der Waals surface area contributed by atoms with Gasteiger partial charge in [0, 0.05) is 5.92 Å². The summed E-state index contributed by atoms with van der Waals surface area (Å²) in [6.07, 6.45) is 6.54. The molecule has 35 heavy (non-hydrogen) atoms. The molecule has 0 amide bonds. The molecular weight excluding hydrogens is 440 g/mol. The van der Waals surface area contributed by atoms with Crippen molar-refractivity contribution in [3.63, 3.8) is 0 Å². The van der Waals surface area contributed by atoms with E-state index in [1.165, 1.54) is 5.57 Å². The summed E-state index contributed by atoms with van der Waals surface area (Å²) in [6.45, 7) is 15.6. The first-order valence-electron chi connectivity index (χ1n) is 14.0. The highest BCUT2D eigenvalue weighted by Gasteiger charge is 2.71. The van der Waals surface area contributed by atoms with Crippen molar-refractivity contribution in [2.45, 2.75) is 118 Å². The molecule has 1 unspecified atom stereocenters. The Hall–Kier alpha value is -0.910. The molecule has 0 saturated heterocycles. The molecule has 0 heterocycles. The lowest BCUT2D eigenvalue weighted by molar-refractivity contribution is -0.234. The Balaban J connectivity index is 1.63. The molecule has 0 aromatic carbocycles. The van der Waals surface area contributed by atoms with Gasteiger partial charge in [0.1, 0.15) is 0 Å². The summed E-state index contributed by atoms with van der Waals surface area (Å²) in [7, 11) is 0. The molecule has 4 N–H and O–H groups in total. The van der Waals surface area contributed by atoms with Crippen LogP contribution in [0.25, 0.3) is 0 Å². The van der Waals surface area contributed by atoms with E-state index in [2.05, 4.69) is 54.5 Å². The summed E-state index contributed by atoms with van der Waals surface area (Å²) < 4.78 is 0. The van der Waals surface area contributed by atoms with E-state index < -0.39 is 29.7 Å². The second-order valence-corrected chi connectivity index (χ2v) is 15.2. The SMILES string of the molecule is CC1(C)CC[C@]2(C(=O)O)CCC3(C)C(=CC[C@@H]4[C@@]5(C)C[C@@H](O)[C@H](O)C(C)(C)[C@@H]5CC[C@]43C)[C@@H]2[C@@H]1O. The lowest BCUT2D eigenvalue weighted by Gasteiger charge is -2.71. The largest absolute Gasteiger partial charge is 0.481 e. The number of rotatable bonds is 1. The molecule has 0 spiro atoms. The van der Waals surface area contributed by atoms with Gasteiger partial charge in [-0.15, -0.1) is 0 Å². The Morgan fingerprint density at radius 2 is 1.49 bits per heavy atom. The van der Waals surface area contributed by atoms with Gasteiger partial charge in [0.05, 0.1) is 23.7 Å². The molecule has 198 valence electrons. The number of aliphatic hydroxyl groups excluding tert-OH is 3. The van der Waals surface area contributed by atoms with Crippen molar-refractivity contribution in [2.24, 2.45) is 50.2 Å². The van der Waals surface area contributed by atoms with Gasteiger partial charge in [0.2, 0.25) is 0 Å². The van der Waals surface area contributed by atoms with E-state index in [1.807, 2.05) is 0 Å². The van der Waals surface area contributed by atoms with Crippen LogP contribution in [0.3, 0.4) is 0 Å². The number of aliphatic hydroxyl groups is 3. The van der Waals surface area contributed by atoms with Crippen molar-refractivity contribution >= 4 is 5.97 Å². The minimum Gasteiger partial charge on any atom is -0.481 e. The van der Waals surface area contributed by atoms with Crippen molar-refractivity contribution in [1.29, 1.82) is 0 Å². The van der Waals surface area contributed by atoms with Crippen LogP contribution in [0, 0.1) is 50.2 Å². The van der Waals surface area contributed by atoms with Crippen LogP contribution in [0.5, 0.6) is 0 Å². The van der Waals surface area contributed by atoms with Crippen LogP contribution in [0.4, 0.5) is 0 Å². The van der Waals surface area contributed by atoms with Gasteiger partial charge < -0.3 is 20.4 Å². The quantitative estimate of drug-likeness (QED) is 0.382. The lowest BCUT2D eigenvalue weighted by Crippen LogP contribution is -2.68. The molecule has 5 heteroatoms. The Kier molecular flexibility index (Phi) is 5.40. The van der Waals surface area contributed by atoms with E-state index in [1.54, 1.807) is 0 Å². The number of hydrogen-bond donors (Lipinski definition) is 4. The number of carboxylic acids is 1. The standard InChI is InChI=1S/C30H48O5/c1-25(2)12-14-30(24(34)35)15-13-28(6)17(21(30)23(25)33)8-9-20-27(5)16-18(31)22(32)26(3,4)19(27)10-11-29(20,28)7/h8,18-23,31-33H,9-16H2,1-7H3,(H,34,35)/t18-,19+,20-,21-,22+,23+,27+,28?,29-,30+/m1/s1. The number of hydrogen-bond acceptors (Lipinski definition) is 4. The van der Waals surface area contributed by atoms with Crippen LogP contribution in [-0.4, -0.2) is 44.7 Å². The van der Waals surface area contributed by atoms with Gasteiger partial charge in [-0.2, -0.15) is 0 Å². The number of fused-ring (bicyclic) bond motifs is 7. The topological polar surface area (TPSA) is 98.0 Å². The third-order valence-corrected chi connectivity index (χ3v) is 13.2. The molecule has 0 aromatic rings. The molecule has 0 aromatic heterocycles. The number of carbonyl (C=O) groups is 1. The third-order valence-electron chi connectivity index (χ3n) is 13.2. The maximum Gasteiger partial charge on any atom is 0.310 e. The summed E-state index contributed by atoms with van der Waals surface area (Å²) in [4.78, 5) is 12.8. The van der Waals surface area contributed by atoms with Gasteiger partial charge in [0.15, 0.2) is 0 Å². The molecule has 5 aliphatic rings. The van der Waals surface area contributed by atoms with Gasteiger partial charge in [-0.25, -0.2) is 0 Å². The number of carboxylic acid groups (broad SMARTS) is 1. The van der Waals surface area contributed by atoms with E-state index in [0.717, 1.165) is 32.1 Å². The van der Waals surface area contributed by atoms with E-state index in [-0.39, 0.29) is 33.0 Å². The van der Waals surface area contributed by atoms with Crippen molar-refractivity contribution in [3.8, 4) is 0 Å². The summed E-state index contributed by atoms with van der Waals surface area (Å²) in [5, 5.41) is 44.1. The number of allylic oxidation sites excluding steroid dienone is 1. The Bertz CT molecular complexity index is 952. The molecule has 5 rings (SSSR count). The van der Waals surface area contributed by atoms with Gasteiger partial charge in [0.25, 0.3) is 0 Å². The maximum absolute atomic E-state index is 12.8. The zero-order valence-corrected chi connectivity index (χ0v) is 22.9. The second kappa shape index (κ2) is 7.35. The summed E-state index contributed by atoms with van der Waals surface area (Å²) in [5.41, 5.74) is -0.684. The number of aliphatic carboxylic acids is 1. The first kappa shape index (κ1) is 25.7. The Morgan fingerprint density at radius 1 is 0.857 bits per heavy atom. The lowest BCUT2D eigenvalue weighted by atomic mass is 9.33. The zero-order valence-electron chi connectivity index (χ0n) is 22.9. The van der Waals surface area contributed by atoms with Crippen LogP contribution >= 0.6 is 0 Å². The van der Waals surface area contributed by atoms with Gasteiger partial charge in [-0.05, 0) is 90.3 Å². The molecule has 0 aliphatic heterocycles. The normalized spacial score (nSPS) is 54.4. The Morgan fingerprint density at radius 3 is 2.11 bits per heavy atom. The average Bonchev–Trinajstić information content (AvgIpc) is 2.75. The first-order chi connectivity index (χ1) is 16.0. The molecular formula is C30H48O5. The molecule has 4 saturated carbocycles. The second-order valence-electron chi connectivity index (χ2n) is 15.2. The van der Waals surface area contributed by atoms with E-state index in [0.29, 0.717) is 31.1 Å². The molecule has 5 nitrogen and oxygen atoms in total. The molecule has 10 atom stereocenters. The van der Waals surface area contributed by atoms with E-state index >= 15 is 0 Å². The van der Waals surface area contributed by atoms with Crippen molar-refractivity contribution < 1.29 is 25.2 Å². The average molecular weight is 489 g/mol. The monoisotopic (exact) mass is 488 g/mol. The first-order valence-corrected chi connectivity index (χ1v) is 14.0. The predicted molar refractivity (Wildman–Crippen MR) is 135 cm³/mol. The van der Waals surface area contributed by atoms with Gasteiger partial charge >= 0.3 is 5.97 Å². The molecule has 0 radical (unpaired) electrons. The third kappa shape index (κ3) is 2.95. The van der Waals surface area contributed by atoms with Crippen LogP contribution in [0.15, 0.2) is 11.6 Å². The van der Waals surface area contributed by atoms with Crippen LogP contribution < -0.4 is 0 Å². The smallest absolute Gasteiger partial charge is 0.310 e. The Labute approximate surface area is 211 Å². The summed E-state index contributed by atoms with van der Waals surface area (Å²) in [6, 6.07) is 0. The fourth-order valence-electron chi connectivity index (χ4n) is 10.7. The van der Waals surface area contributed by atoms with Crippen molar-refractivity contribution in [2.75, 3.05) is 0 Å². The van der Waals surface area contributed by atoms with Crippen molar-refractivity contribution in [3.05, 3.63) is 11.6 Å². The summed E-state index contributed by atoms with van der Waals surface area (Å²) >= 11 is 0. The molecule has 4 fully saturated rings. The maximum atomic E-state index is 12.8. The molecule has 0 bridgehead atoms. The van der Waals surface area contributed by atoms with Gasteiger partial charge in [-0.1, -0.05) is 60.1 Å². The van der Waals surface area contributed by atoms with E-state index in [4.69, 9.17) is 0 Å². The summed E-state index contributed by atoms with van der Waals surface area (Å²) in [5.74, 6) is -0.420. The fourth-order valence-corrected chi connectivity index (χ4v) is 10.7. The van der Waals surface area contributed by atoms with Crippen LogP contribution in [0.1, 0.15) is 99.8 Å². The highest BCUT2D eigenvalue weighted by Crippen LogP contribution is 2.75. The fraction of sp³-hybridized carbons (Fsp3) is 0.900. The van der Waals surface area contributed by atoms with Crippen LogP contribution in [-0.2, 0) is 4.79 Å². The highest BCUT2D eigenvalue weighted by molar-refractivity contribution is 5.77. The van der Waals surface area contributed by atoms with Crippen molar-refractivity contribution in [1.82, 2.24) is 0 Å². The zero-order chi connectivity index (χ0) is 26.0. The van der Waals surface area contributed by atoms with Crippen LogP contribution in [0.2, 0.25) is 0 Å².